The lowest BCUT2D eigenvalue weighted by atomic mass is 10.0. The lowest BCUT2D eigenvalue weighted by Gasteiger charge is -2.14. The van der Waals surface area contributed by atoms with Crippen LogP contribution in [-0.2, 0) is 12.6 Å². The zero-order chi connectivity index (χ0) is 10.5. The Morgan fingerprint density at radius 2 is 2.36 bits per heavy atom. The Balaban J connectivity index is 2.34. The third kappa shape index (κ3) is 1.27. The summed E-state index contributed by atoms with van der Waals surface area (Å²) in [5.74, 6) is 1.14. The van der Waals surface area contributed by atoms with Gasteiger partial charge in [0.15, 0.2) is 0 Å². The van der Waals surface area contributed by atoms with Gasteiger partial charge in [-0.15, -0.1) is 0 Å². The summed E-state index contributed by atoms with van der Waals surface area (Å²) < 4.78 is 1.80. The fourth-order valence-electron chi connectivity index (χ4n) is 2.34. The van der Waals surface area contributed by atoms with Crippen molar-refractivity contribution in [2.45, 2.75) is 25.8 Å². The van der Waals surface area contributed by atoms with Crippen molar-refractivity contribution in [3.05, 3.63) is 16.9 Å². The maximum atomic E-state index is 6.31. The molecule has 0 aromatic carbocycles. The van der Waals surface area contributed by atoms with E-state index >= 15 is 0 Å². The summed E-state index contributed by atoms with van der Waals surface area (Å²) in [6.07, 6.45) is 2.69. The van der Waals surface area contributed by atoms with Crippen molar-refractivity contribution in [2.75, 3.05) is 0 Å². The Morgan fingerprint density at radius 3 is 2.71 bits per heavy atom. The number of hydrogen-bond donors (Lipinski definition) is 1. The van der Waals surface area contributed by atoms with Crippen LogP contribution < -0.4 is 5.73 Å². The molecular formula is C10H16ClN3. The quantitative estimate of drug-likeness (QED) is 0.816. The lowest BCUT2D eigenvalue weighted by Crippen LogP contribution is -2.27. The van der Waals surface area contributed by atoms with Crippen LogP contribution in [0.25, 0.3) is 0 Å². The van der Waals surface area contributed by atoms with Gasteiger partial charge in [0.1, 0.15) is 0 Å². The molecule has 1 saturated carbocycles. The maximum absolute atomic E-state index is 6.31. The van der Waals surface area contributed by atoms with Gasteiger partial charge in [0.2, 0.25) is 0 Å². The molecule has 2 N–H and O–H groups in total. The minimum Gasteiger partial charge on any atom is -0.320 e. The van der Waals surface area contributed by atoms with Crippen LogP contribution in [0.5, 0.6) is 0 Å². The van der Waals surface area contributed by atoms with Gasteiger partial charge in [-0.3, -0.25) is 4.68 Å². The molecule has 78 valence electrons. The number of aromatic nitrogens is 2. The van der Waals surface area contributed by atoms with E-state index in [0.717, 1.165) is 12.1 Å². The number of hydrogen-bond acceptors (Lipinski definition) is 2. The molecule has 1 heterocycles. The van der Waals surface area contributed by atoms with Gasteiger partial charge in [0.05, 0.1) is 22.5 Å². The highest BCUT2D eigenvalue weighted by Gasteiger charge is 2.56. The number of halogens is 1. The van der Waals surface area contributed by atoms with Gasteiger partial charge < -0.3 is 5.73 Å². The predicted molar refractivity (Wildman–Crippen MR) is 57.0 cm³/mol. The average Bonchev–Trinajstić information content (AvgIpc) is 2.64. The van der Waals surface area contributed by atoms with Gasteiger partial charge in [-0.05, 0) is 18.3 Å². The van der Waals surface area contributed by atoms with Crippen molar-refractivity contribution in [1.82, 2.24) is 9.78 Å². The van der Waals surface area contributed by atoms with Crippen LogP contribution in [0, 0.1) is 11.8 Å². The third-order valence-corrected chi connectivity index (χ3v) is 3.48. The molecule has 2 unspecified atom stereocenters. The standard InChI is InChI=1S/C10H16ClN3/c1-6(2)7-4-10(7,12)9-8(11)5-13-14(9)3/h5-7H,4,12H2,1-3H3. The van der Waals surface area contributed by atoms with Crippen molar-refractivity contribution in [3.8, 4) is 0 Å². The molecule has 0 aliphatic heterocycles. The lowest BCUT2D eigenvalue weighted by molar-refractivity contribution is 0.468. The van der Waals surface area contributed by atoms with Crippen LogP contribution in [0.15, 0.2) is 6.20 Å². The molecule has 1 aromatic rings. The second-order valence-corrected chi connectivity index (χ2v) is 4.97. The molecule has 0 radical (unpaired) electrons. The van der Waals surface area contributed by atoms with Crippen molar-refractivity contribution >= 4 is 11.6 Å². The molecule has 2 atom stereocenters. The summed E-state index contributed by atoms with van der Waals surface area (Å²) in [5.41, 5.74) is 7.06. The van der Waals surface area contributed by atoms with Gasteiger partial charge >= 0.3 is 0 Å². The van der Waals surface area contributed by atoms with E-state index in [2.05, 4.69) is 18.9 Å². The third-order valence-electron chi connectivity index (χ3n) is 3.20. The first kappa shape index (κ1) is 9.99. The first-order valence-corrected chi connectivity index (χ1v) is 5.31. The number of rotatable bonds is 2. The van der Waals surface area contributed by atoms with E-state index < -0.39 is 0 Å². The summed E-state index contributed by atoms with van der Waals surface area (Å²) in [4.78, 5) is 0. The normalized spacial score (nSPS) is 31.1. The van der Waals surface area contributed by atoms with Crippen LogP contribution >= 0.6 is 11.6 Å². The summed E-state index contributed by atoms with van der Waals surface area (Å²) >= 11 is 6.08. The zero-order valence-electron chi connectivity index (χ0n) is 8.79. The van der Waals surface area contributed by atoms with E-state index in [4.69, 9.17) is 17.3 Å². The predicted octanol–water partition coefficient (Wildman–Crippen LogP) is 1.90. The van der Waals surface area contributed by atoms with Gasteiger partial charge in [-0.1, -0.05) is 25.4 Å². The van der Waals surface area contributed by atoms with Crippen LogP contribution in [-0.4, -0.2) is 9.78 Å². The Bertz CT molecular complexity index is 339. The average molecular weight is 214 g/mol. The first-order chi connectivity index (χ1) is 6.47. The van der Waals surface area contributed by atoms with E-state index in [1.807, 2.05) is 7.05 Å². The number of nitrogens with zero attached hydrogens (tertiary/aromatic N) is 2. The largest absolute Gasteiger partial charge is 0.320 e. The van der Waals surface area contributed by atoms with Gasteiger partial charge in [-0.2, -0.15) is 5.10 Å². The van der Waals surface area contributed by atoms with E-state index in [1.165, 1.54) is 0 Å². The SMILES string of the molecule is CC(C)C1CC1(N)c1c(Cl)cnn1C. The van der Waals surface area contributed by atoms with E-state index in [0.29, 0.717) is 16.9 Å². The summed E-state index contributed by atoms with van der Waals surface area (Å²) in [5, 5.41) is 4.81. The van der Waals surface area contributed by atoms with Crippen LogP contribution in [0.4, 0.5) is 0 Å². The molecule has 0 saturated heterocycles. The molecule has 4 heteroatoms. The molecular weight excluding hydrogens is 198 g/mol. The van der Waals surface area contributed by atoms with Crippen molar-refractivity contribution in [3.63, 3.8) is 0 Å². The smallest absolute Gasteiger partial charge is 0.0837 e. The second kappa shape index (κ2) is 2.97. The van der Waals surface area contributed by atoms with Gasteiger partial charge in [0, 0.05) is 7.05 Å². The molecule has 2 rings (SSSR count). The Kier molecular flexibility index (Phi) is 2.12. The Hall–Kier alpha value is -0.540. The molecule has 3 nitrogen and oxygen atoms in total. The second-order valence-electron chi connectivity index (χ2n) is 4.56. The molecule has 0 amide bonds. The molecule has 0 spiro atoms. The highest BCUT2D eigenvalue weighted by Crippen LogP contribution is 2.54. The zero-order valence-corrected chi connectivity index (χ0v) is 9.54. The summed E-state index contributed by atoms with van der Waals surface area (Å²) in [7, 11) is 1.89. The van der Waals surface area contributed by atoms with Crippen molar-refractivity contribution in [2.24, 2.45) is 24.6 Å². The fraction of sp³-hybridized carbons (Fsp3) is 0.700. The van der Waals surface area contributed by atoms with Crippen molar-refractivity contribution in [1.29, 1.82) is 0 Å². The maximum Gasteiger partial charge on any atom is 0.0837 e. The fourth-order valence-corrected chi connectivity index (χ4v) is 2.68. The minimum atomic E-state index is -0.240. The molecule has 1 fully saturated rings. The van der Waals surface area contributed by atoms with E-state index in [9.17, 15) is 0 Å². The highest BCUT2D eigenvalue weighted by atomic mass is 35.5. The first-order valence-electron chi connectivity index (χ1n) is 4.93. The number of aryl methyl sites for hydroxylation is 1. The number of nitrogens with two attached hydrogens (primary N) is 1. The van der Waals surface area contributed by atoms with E-state index in [1.54, 1.807) is 10.9 Å². The van der Waals surface area contributed by atoms with Gasteiger partial charge in [-0.25, -0.2) is 0 Å². The van der Waals surface area contributed by atoms with Crippen LogP contribution in [0.2, 0.25) is 5.02 Å². The highest BCUT2D eigenvalue weighted by molar-refractivity contribution is 6.31. The molecule has 1 aliphatic rings. The van der Waals surface area contributed by atoms with E-state index in [-0.39, 0.29) is 5.54 Å². The van der Waals surface area contributed by atoms with Crippen LogP contribution in [0.3, 0.4) is 0 Å². The molecule has 1 aromatic heterocycles. The topological polar surface area (TPSA) is 43.8 Å². The van der Waals surface area contributed by atoms with Crippen LogP contribution in [0.1, 0.15) is 26.0 Å². The van der Waals surface area contributed by atoms with Crippen molar-refractivity contribution < 1.29 is 0 Å². The molecule has 1 aliphatic carbocycles. The Labute approximate surface area is 89.2 Å². The summed E-state index contributed by atoms with van der Waals surface area (Å²) in [6, 6.07) is 0. The minimum absolute atomic E-state index is 0.240. The summed E-state index contributed by atoms with van der Waals surface area (Å²) in [6.45, 7) is 4.40. The molecule has 0 bridgehead atoms. The monoisotopic (exact) mass is 213 g/mol. The Morgan fingerprint density at radius 1 is 1.71 bits per heavy atom. The van der Waals surface area contributed by atoms with Gasteiger partial charge in [0.25, 0.3) is 0 Å². The molecule has 14 heavy (non-hydrogen) atoms.